The standard InChI is InChI=1S/C19H16FNO3/c20-15-8-4-7-14(11-15)17(22)12-21-19(23)18-16(9-10-24-18)13-5-2-1-3-6-13/h1-11,17,22H,12H2,(H,21,23). The minimum atomic E-state index is -1.00. The van der Waals surface area contributed by atoms with Crippen LogP contribution in [0.25, 0.3) is 11.1 Å². The molecule has 0 spiro atoms. The molecule has 122 valence electrons. The predicted molar refractivity (Wildman–Crippen MR) is 87.8 cm³/mol. The van der Waals surface area contributed by atoms with Crippen molar-refractivity contribution in [3.05, 3.63) is 84.1 Å². The smallest absolute Gasteiger partial charge is 0.287 e. The Morgan fingerprint density at radius 2 is 1.92 bits per heavy atom. The van der Waals surface area contributed by atoms with Gasteiger partial charge in [-0.25, -0.2) is 4.39 Å². The molecule has 1 unspecified atom stereocenters. The maximum absolute atomic E-state index is 13.2. The molecule has 0 radical (unpaired) electrons. The molecular formula is C19H16FNO3. The van der Waals surface area contributed by atoms with E-state index in [-0.39, 0.29) is 12.3 Å². The topological polar surface area (TPSA) is 62.5 Å². The van der Waals surface area contributed by atoms with Gasteiger partial charge in [-0.15, -0.1) is 0 Å². The van der Waals surface area contributed by atoms with Crippen LogP contribution in [-0.2, 0) is 0 Å². The van der Waals surface area contributed by atoms with Crippen LogP contribution in [0.3, 0.4) is 0 Å². The van der Waals surface area contributed by atoms with Gasteiger partial charge in [-0.1, -0.05) is 42.5 Å². The summed E-state index contributed by atoms with van der Waals surface area (Å²) in [6, 6.07) is 16.7. The van der Waals surface area contributed by atoms with Crippen LogP contribution in [0.4, 0.5) is 4.39 Å². The summed E-state index contributed by atoms with van der Waals surface area (Å²) in [7, 11) is 0. The fraction of sp³-hybridized carbons (Fsp3) is 0.105. The van der Waals surface area contributed by atoms with E-state index in [2.05, 4.69) is 5.32 Å². The Kier molecular flexibility index (Phi) is 4.72. The first-order valence-corrected chi connectivity index (χ1v) is 7.50. The molecular weight excluding hydrogens is 309 g/mol. The molecule has 1 heterocycles. The number of nitrogens with one attached hydrogen (secondary N) is 1. The number of benzene rings is 2. The van der Waals surface area contributed by atoms with Crippen LogP contribution in [-0.4, -0.2) is 17.6 Å². The van der Waals surface area contributed by atoms with Gasteiger partial charge in [0, 0.05) is 12.1 Å². The van der Waals surface area contributed by atoms with Gasteiger partial charge in [0.2, 0.25) is 0 Å². The van der Waals surface area contributed by atoms with E-state index in [1.165, 1.54) is 24.5 Å². The molecule has 0 fully saturated rings. The molecule has 0 aliphatic carbocycles. The summed E-state index contributed by atoms with van der Waals surface area (Å²) in [5.41, 5.74) is 1.94. The van der Waals surface area contributed by atoms with Crippen molar-refractivity contribution in [1.82, 2.24) is 5.32 Å². The van der Waals surface area contributed by atoms with Crippen LogP contribution in [0, 0.1) is 5.82 Å². The lowest BCUT2D eigenvalue weighted by atomic mass is 10.1. The molecule has 1 aromatic heterocycles. The predicted octanol–water partition coefficient (Wildman–Crippen LogP) is 3.55. The third-order valence-corrected chi connectivity index (χ3v) is 3.65. The van der Waals surface area contributed by atoms with Crippen LogP contribution in [0.2, 0.25) is 0 Å². The Balaban J connectivity index is 1.69. The third kappa shape index (κ3) is 3.52. The fourth-order valence-electron chi connectivity index (χ4n) is 2.43. The van der Waals surface area contributed by atoms with Crippen molar-refractivity contribution in [2.75, 3.05) is 6.54 Å². The van der Waals surface area contributed by atoms with Crippen molar-refractivity contribution in [1.29, 1.82) is 0 Å². The van der Waals surface area contributed by atoms with E-state index in [1.54, 1.807) is 12.1 Å². The average Bonchev–Trinajstić information content (AvgIpc) is 3.10. The van der Waals surface area contributed by atoms with Crippen LogP contribution in [0.15, 0.2) is 71.3 Å². The highest BCUT2D eigenvalue weighted by molar-refractivity contribution is 5.98. The first kappa shape index (κ1) is 16.0. The van der Waals surface area contributed by atoms with Crippen LogP contribution in [0.1, 0.15) is 22.2 Å². The monoisotopic (exact) mass is 325 g/mol. The van der Waals surface area contributed by atoms with Crippen LogP contribution in [0.5, 0.6) is 0 Å². The summed E-state index contributed by atoms with van der Waals surface area (Å²) >= 11 is 0. The number of halogens is 1. The molecule has 4 nitrogen and oxygen atoms in total. The maximum atomic E-state index is 13.2. The number of aliphatic hydroxyl groups is 1. The molecule has 0 bridgehead atoms. The van der Waals surface area contributed by atoms with Gasteiger partial charge < -0.3 is 14.8 Å². The first-order chi connectivity index (χ1) is 11.6. The summed E-state index contributed by atoms with van der Waals surface area (Å²) in [5, 5.41) is 12.7. The molecule has 0 aliphatic heterocycles. The zero-order chi connectivity index (χ0) is 16.9. The summed E-state index contributed by atoms with van der Waals surface area (Å²) in [4.78, 5) is 12.3. The van der Waals surface area contributed by atoms with Crippen LogP contribution < -0.4 is 5.32 Å². The largest absolute Gasteiger partial charge is 0.459 e. The second-order valence-electron chi connectivity index (χ2n) is 5.31. The lowest BCUT2D eigenvalue weighted by Crippen LogP contribution is -2.28. The number of carbonyl (C=O) groups is 1. The lowest BCUT2D eigenvalue weighted by molar-refractivity contribution is 0.0890. The first-order valence-electron chi connectivity index (χ1n) is 7.50. The number of rotatable bonds is 5. The van der Waals surface area contributed by atoms with Gasteiger partial charge in [0.25, 0.3) is 5.91 Å². The zero-order valence-electron chi connectivity index (χ0n) is 12.8. The molecule has 2 aromatic carbocycles. The quantitative estimate of drug-likeness (QED) is 0.754. The molecule has 3 rings (SSSR count). The van der Waals surface area contributed by atoms with E-state index in [0.29, 0.717) is 11.1 Å². The Morgan fingerprint density at radius 1 is 1.12 bits per heavy atom. The Hall–Kier alpha value is -2.92. The summed E-state index contributed by atoms with van der Waals surface area (Å²) in [6.07, 6.45) is 0.444. The zero-order valence-corrected chi connectivity index (χ0v) is 12.8. The van der Waals surface area contributed by atoms with Gasteiger partial charge in [0.1, 0.15) is 5.82 Å². The van der Waals surface area contributed by atoms with Gasteiger partial charge in [0.15, 0.2) is 5.76 Å². The van der Waals surface area contributed by atoms with Gasteiger partial charge >= 0.3 is 0 Å². The second kappa shape index (κ2) is 7.10. The lowest BCUT2D eigenvalue weighted by Gasteiger charge is -2.12. The van der Waals surface area contributed by atoms with Crippen molar-refractivity contribution in [3.8, 4) is 11.1 Å². The Morgan fingerprint density at radius 3 is 2.67 bits per heavy atom. The van der Waals surface area contributed by atoms with Gasteiger partial charge in [-0.2, -0.15) is 0 Å². The molecule has 1 amide bonds. The molecule has 0 saturated heterocycles. The van der Waals surface area contributed by atoms with Crippen molar-refractivity contribution < 1.29 is 18.7 Å². The molecule has 3 aromatic rings. The minimum absolute atomic E-state index is 0.0444. The SMILES string of the molecule is O=C(NCC(O)c1cccc(F)c1)c1occc1-c1ccccc1. The highest BCUT2D eigenvalue weighted by atomic mass is 19.1. The van der Waals surface area contributed by atoms with Crippen molar-refractivity contribution in [3.63, 3.8) is 0 Å². The highest BCUT2D eigenvalue weighted by Crippen LogP contribution is 2.24. The molecule has 5 heteroatoms. The average molecular weight is 325 g/mol. The van der Waals surface area contributed by atoms with Gasteiger partial charge in [-0.3, -0.25) is 4.79 Å². The van der Waals surface area contributed by atoms with E-state index in [0.717, 1.165) is 5.56 Å². The van der Waals surface area contributed by atoms with Crippen LogP contribution >= 0.6 is 0 Å². The summed E-state index contributed by atoms with van der Waals surface area (Å²) < 4.78 is 18.5. The van der Waals surface area contributed by atoms with Crippen molar-refractivity contribution in [2.24, 2.45) is 0 Å². The van der Waals surface area contributed by atoms with Crippen molar-refractivity contribution >= 4 is 5.91 Å². The summed E-state index contributed by atoms with van der Waals surface area (Å²) in [5.74, 6) is -0.697. The Bertz CT molecular complexity index is 829. The van der Waals surface area contributed by atoms with E-state index in [4.69, 9.17) is 4.42 Å². The van der Waals surface area contributed by atoms with E-state index in [1.807, 2.05) is 30.3 Å². The van der Waals surface area contributed by atoms with Gasteiger partial charge in [-0.05, 0) is 29.3 Å². The molecule has 1 atom stereocenters. The minimum Gasteiger partial charge on any atom is -0.459 e. The van der Waals surface area contributed by atoms with Gasteiger partial charge in [0.05, 0.1) is 12.4 Å². The number of aliphatic hydroxyl groups excluding tert-OH is 1. The Labute approximate surface area is 138 Å². The molecule has 0 saturated carbocycles. The van der Waals surface area contributed by atoms with E-state index >= 15 is 0 Å². The van der Waals surface area contributed by atoms with E-state index in [9.17, 15) is 14.3 Å². The van der Waals surface area contributed by atoms with E-state index < -0.39 is 17.8 Å². The maximum Gasteiger partial charge on any atom is 0.287 e. The summed E-state index contributed by atoms with van der Waals surface area (Å²) in [6.45, 7) is -0.0444. The molecule has 0 aliphatic rings. The normalized spacial score (nSPS) is 11.9. The molecule has 2 N–H and O–H groups in total. The van der Waals surface area contributed by atoms with Crippen molar-refractivity contribution in [2.45, 2.75) is 6.10 Å². The second-order valence-corrected chi connectivity index (χ2v) is 5.31. The highest BCUT2D eigenvalue weighted by Gasteiger charge is 2.18. The number of hydrogen-bond donors (Lipinski definition) is 2. The number of furan rings is 1. The number of hydrogen-bond acceptors (Lipinski definition) is 3. The fourth-order valence-corrected chi connectivity index (χ4v) is 2.43. The third-order valence-electron chi connectivity index (χ3n) is 3.65. The molecule has 24 heavy (non-hydrogen) atoms. The number of carbonyl (C=O) groups excluding carboxylic acids is 1. The number of amides is 1.